The van der Waals surface area contributed by atoms with E-state index in [4.69, 9.17) is 0 Å². The van der Waals surface area contributed by atoms with Gasteiger partial charge in [-0.2, -0.15) is 0 Å². The minimum Gasteiger partial charge on any atom is -0.341 e. The molecule has 1 aromatic carbocycles. The zero-order valence-electron chi connectivity index (χ0n) is 13.7. The highest BCUT2D eigenvalue weighted by Crippen LogP contribution is 2.37. The number of likely N-dealkylation sites (tertiary alicyclic amines) is 1. The van der Waals surface area contributed by atoms with Crippen LogP contribution in [-0.4, -0.2) is 56.0 Å². The molecule has 3 rings (SSSR count). The van der Waals surface area contributed by atoms with Gasteiger partial charge in [0.2, 0.25) is 5.91 Å². The molecule has 2 saturated heterocycles. The molecule has 4 heteroatoms. The molecule has 2 aliphatic heterocycles. The standard InChI is InChI=1S/C18H27N3O/c1-20(2)16(15-6-4-3-5-7-15)17(22)21-12-9-18(10-13-21)8-11-19-14-18/h3-7,16,19H,8-14H2,1-2H3. The molecular weight excluding hydrogens is 274 g/mol. The summed E-state index contributed by atoms with van der Waals surface area (Å²) in [5.74, 6) is 0.247. The Morgan fingerprint density at radius 2 is 1.86 bits per heavy atom. The van der Waals surface area contributed by atoms with Crippen LogP contribution in [0.4, 0.5) is 0 Å². The van der Waals surface area contributed by atoms with Crippen LogP contribution in [0.25, 0.3) is 0 Å². The van der Waals surface area contributed by atoms with Crippen molar-refractivity contribution in [3.63, 3.8) is 0 Å². The van der Waals surface area contributed by atoms with E-state index in [9.17, 15) is 4.79 Å². The Morgan fingerprint density at radius 1 is 1.18 bits per heavy atom. The Hall–Kier alpha value is -1.39. The number of nitrogens with zero attached hydrogens (tertiary/aromatic N) is 2. The van der Waals surface area contributed by atoms with Gasteiger partial charge in [-0.05, 0) is 50.9 Å². The first kappa shape index (κ1) is 15.5. The van der Waals surface area contributed by atoms with Crippen LogP contribution in [0.5, 0.6) is 0 Å². The summed E-state index contributed by atoms with van der Waals surface area (Å²) in [5, 5.41) is 3.48. The van der Waals surface area contributed by atoms with Crippen molar-refractivity contribution in [2.24, 2.45) is 5.41 Å². The number of carbonyl (C=O) groups is 1. The molecule has 2 aliphatic rings. The van der Waals surface area contributed by atoms with Crippen molar-refractivity contribution >= 4 is 5.91 Å². The Bertz CT molecular complexity index is 498. The maximum Gasteiger partial charge on any atom is 0.244 e. The van der Waals surface area contributed by atoms with Crippen LogP contribution >= 0.6 is 0 Å². The van der Waals surface area contributed by atoms with Crippen molar-refractivity contribution in [2.75, 3.05) is 40.3 Å². The second-order valence-electron chi connectivity index (χ2n) is 7.03. The normalized spacial score (nSPS) is 22.2. The van der Waals surface area contributed by atoms with Gasteiger partial charge in [0.15, 0.2) is 0 Å². The molecule has 1 unspecified atom stereocenters. The van der Waals surface area contributed by atoms with Gasteiger partial charge in [0.05, 0.1) is 0 Å². The fourth-order valence-corrected chi connectivity index (χ4v) is 3.89. The Kier molecular flexibility index (Phi) is 4.50. The summed E-state index contributed by atoms with van der Waals surface area (Å²) in [6, 6.07) is 9.95. The molecule has 1 N–H and O–H groups in total. The van der Waals surface area contributed by atoms with E-state index in [1.165, 1.54) is 6.42 Å². The van der Waals surface area contributed by atoms with Gasteiger partial charge in [0.1, 0.15) is 6.04 Å². The van der Waals surface area contributed by atoms with Crippen molar-refractivity contribution in [3.8, 4) is 0 Å². The first-order chi connectivity index (χ1) is 10.6. The lowest BCUT2D eigenvalue weighted by atomic mass is 9.77. The van der Waals surface area contributed by atoms with Gasteiger partial charge in [-0.3, -0.25) is 9.69 Å². The van der Waals surface area contributed by atoms with Gasteiger partial charge >= 0.3 is 0 Å². The molecule has 2 fully saturated rings. The van der Waals surface area contributed by atoms with Crippen LogP contribution < -0.4 is 5.32 Å². The molecule has 22 heavy (non-hydrogen) atoms. The molecule has 4 nitrogen and oxygen atoms in total. The van der Waals surface area contributed by atoms with Crippen LogP contribution in [0.2, 0.25) is 0 Å². The van der Waals surface area contributed by atoms with Gasteiger partial charge in [-0.25, -0.2) is 0 Å². The number of likely N-dealkylation sites (N-methyl/N-ethyl adjacent to an activating group) is 1. The second kappa shape index (κ2) is 6.39. The van der Waals surface area contributed by atoms with E-state index in [2.05, 4.69) is 22.3 Å². The molecule has 0 aliphatic carbocycles. The lowest BCUT2D eigenvalue weighted by Gasteiger charge is -2.41. The van der Waals surface area contributed by atoms with Crippen molar-refractivity contribution in [3.05, 3.63) is 35.9 Å². The molecule has 120 valence electrons. The predicted octanol–water partition coefficient (Wildman–Crippen LogP) is 1.89. The van der Waals surface area contributed by atoms with Crippen LogP contribution in [0.15, 0.2) is 30.3 Å². The Morgan fingerprint density at radius 3 is 2.41 bits per heavy atom. The lowest BCUT2D eigenvalue weighted by molar-refractivity contribution is -0.138. The third-order valence-electron chi connectivity index (χ3n) is 5.33. The average Bonchev–Trinajstić information content (AvgIpc) is 2.97. The summed E-state index contributed by atoms with van der Waals surface area (Å²) in [7, 11) is 3.98. The van der Waals surface area contributed by atoms with Crippen LogP contribution in [-0.2, 0) is 4.79 Å². The molecule has 1 amide bonds. The fraction of sp³-hybridized carbons (Fsp3) is 0.611. The largest absolute Gasteiger partial charge is 0.341 e. The van der Waals surface area contributed by atoms with E-state index in [0.29, 0.717) is 5.41 Å². The van der Waals surface area contributed by atoms with Crippen molar-refractivity contribution in [2.45, 2.75) is 25.3 Å². The van der Waals surface area contributed by atoms with Gasteiger partial charge in [0, 0.05) is 19.6 Å². The second-order valence-corrected chi connectivity index (χ2v) is 7.03. The predicted molar refractivity (Wildman–Crippen MR) is 88.6 cm³/mol. The number of piperidine rings is 1. The highest BCUT2D eigenvalue weighted by Gasteiger charge is 2.39. The maximum absolute atomic E-state index is 13.0. The Balaban J connectivity index is 1.69. The molecule has 2 heterocycles. The number of hydrogen-bond acceptors (Lipinski definition) is 3. The molecule has 1 atom stereocenters. The van der Waals surface area contributed by atoms with Crippen molar-refractivity contribution in [1.82, 2.24) is 15.1 Å². The summed E-state index contributed by atoms with van der Waals surface area (Å²) in [6.45, 7) is 4.07. The zero-order valence-corrected chi connectivity index (χ0v) is 13.7. The van der Waals surface area contributed by atoms with Crippen molar-refractivity contribution < 1.29 is 4.79 Å². The summed E-state index contributed by atoms with van der Waals surface area (Å²) in [6.07, 6.45) is 3.55. The summed E-state index contributed by atoms with van der Waals surface area (Å²) < 4.78 is 0. The van der Waals surface area contributed by atoms with Gasteiger partial charge in [-0.1, -0.05) is 30.3 Å². The first-order valence-corrected chi connectivity index (χ1v) is 8.32. The number of amides is 1. The highest BCUT2D eigenvalue weighted by atomic mass is 16.2. The number of carbonyl (C=O) groups excluding carboxylic acids is 1. The quantitative estimate of drug-likeness (QED) is 0.926. The van der Waals surface area contributed by atoms with Gasteiger partial charge in [-0.15, -0.1) is 0 Å². The van der Waals surface area contributed by atoms with Crippen LogP contribution in [0.1, 0.15) is 30.9 Å². The van der Waals surface area contributed by atoms with Crippen molar-refractivity contribution in [1.29, 1.82) is 0 Å². The smallest absolute Gasteiger partial charge is 0.244 e. The molecule has 0 radical (unpaired) electrons. The van der Waals surface area contributed by atoms with E-state index in [1.54, 1.807) is 0 Å². The minimum absolute atomic E-state index is 0.169. The summed E-state index contributed by atoms with van der Waals surface area (Å²) in [5.41, 5.74) is 1.54. The number of rotatable bonds is 3. The SMILES string of the molecule is CN(C)C(C(=O)N1CCC2(CCNC2)CC1)c1ccccc1. The van der Waals surface area contributed by atoms with Gasteiger partial charge < -0.3 is 10.2 Å². The van der Waals surface area contributed by atoms with E-state index in [1.807, 2.05) is 37.2 Å². The maximum atomic E-state index is 13.0. The van der Waals surface area contributed by atoms with E-state index >= 15 is 0 Å². The van der Waals surface area contributed by atoms with Crippen LogP contribution in [0.3, 0.4) is 0 Å². The molecule has 1 aromatic rings. The molecule has 0 bridgehead atoms. The van der Waals surface area contributed by atoms with E-state index in [0.717, 1.165) is 44.6 Å². The number of benzene rings is 1. The van der Waals surface area contributed by atoms with Crippen LogP contribution in [0, 0.1) is 5.41 Å². The van der Waals surface area contributed by atoms with E-state index < -0.39 is 0 Å². The molecule has 0 aromatic heterocycles. The number of nitrogens with one attached hydrogen (secondary N) is 1. The molecular formula is C18H27N3O. The third kappa shape index (κ3) is 3.03. The third-order valence-corrected chi connectivity index (χ3v) is 5.33. The molecule has 1 spiro atoms. The topological polar surface area (TPSA) is 35.6 Å². The zero-order chi connectivity index (χ0) is 15.6. The molecule has 0 saturated carbocycles. The van der Waals surface area contributed by atoms with E-state index in [-0.39, 0.29) is 11.9 Å². The first-order valence-electron chi connectivity index (χ1n) is 8.32. The lowest BCUT2D eigenvalue weighted by Crippen LogP contribution is -2.47. The monoisotopic (exact) mass is 301 g/mol. The fourth-order valence-electron chi connectivity index (χ4n) is 3.89. The van der Waals surface area contributed by atoms with Gasteiger partial charge in [0.25, 0.3) is 0 Å². The average molecular weight is 301 g/mol. The Labute approximate surface area is 133 Å². The summed E-state index contributed by atoms with van der Waals surface area (Å²) >= 11 is 0. The summed E-state index contributed by atoms with van der Waals surface area (Å²) in [4.78, 5) is 17.1. The minimum atomic E-state index is -0.169. The highest BCUT2D eigenvalue weighted by molar-refractivity contribution is 5.83. The number of hydrogen-bond donors (Lipinski definition) is 1.